The molecule has 5 nitrogen and oxygen atoms in total. The predicted octanol–water partition coefficient (Wildman–Crippen LogP) is 3.97. The molecule has 0 spiro atoms. The molecular weight excluding hydrogens is 304 g/mol. The number of anilines is 2. The number of rotatable bonds is 5. The van der Waals surface area contributed by atoms with Gasteiger partial charge in [0.1, 0.15) is 18.1 Å². The van der Waals surface area contributed by atoms with Crippen molar-refractivity contribution >= 4 is 31.0 Å². The van der Waals surface area contributed by atoms with Crippen LogP contribution in [-0.2, 0) is 4.43 Å². The highest BCUT2D eigenvalue weighted by Crippen LogP contribution is 2.25. The molecule has 0 saturated heterocycles. The number of para-hydroxylation sites is 1. The maximum atomic E-state index is 7.64. The third kappa shape index (κ3) is 3.91. The lowest BCUT2D eigenvalue weighted by Crippen LogP contribution is -2.33. The molecular formula is C17H20N4OSi. The van der Waals surface area contributed by atoms with E-state index in [0.717, 1.165) is 11.5 Å². The molecule has 0 atom stereocenters. The van der Waals surface area contributed by atoms with Crippen LogP contribution in [0.2, 0.25) is 19.6 Å². The van der Waals surface area contributed by atoms with Gasteiger partial charge in [0.05, 0.1) is 1.37 Å². The van der Waals surface area contributed by atoms with Gasteiger partial charge in [0.25, 0.3) is 0 Å². The Morgan fingerprint density at radius 1 is 1.09 bits per heavy atom. The highest BCUT2D eigenvalue weighted by atomic mass is 28.4. The van der Waals surface area contributed by atoms with Gasteiger partial charge in [0.15, 0.2) is 14.0 Å². The van der Waals surface area contributed by atoms with Crippen molar-refractivity contribution in [2.24, 2.45) is 0 Å². The first-order valence-electron chi connectivity index (χ1n) is 7.99. The Balaban J connectivity index is 2.01. The van der Waals surface area contributed by atoms with Crippen LogP contribution in [0.4, 0.5) is 11.5 Å². The monoisotopic (exact) mass is 325 g/mol. The van der Waals surface area contributed by atoms with Gasteiger partial charge >= 0.3 is 0 Å². The fourth-order valence-corrected chi connectivity index (χ4v) is 2.61. The molecule has 0 amide bonds. The third-order valence-corrected chi connectivity index (χ3v) is 4.24. The maximum Gasteiger partial charge on any atom is 0.186 e. The summed E-state index contributed by atoms with van der Waals surface area (Å²) in [6.45, 7) is 6.89. The van der Waals surface area contributed by atoms with Crippen molar-refractivity contribution in [3.8, 4) is 0 Å². The fourth-order valence-electron chi connectivity index (χ4n) is 2.09. The van der Waals surface area contributed by atoms with E-state index in [1.165, 1.54) is 6.20 Å². The smallest absolute Gasteiger partial charge is 0.186 e. The second-order valence-corrected chi connectivity index (χ2v) is 10.7. The van der Waals surface area contributed by atoms with Gasteiger partial charge in [-0.05, 0) is 43.9 Å². The maximum absolute atomic E-state index is 7.64. The van der Waals surface area contributed by atoms with E-state index in [1.54, 1.807) is 0 Å². The average molecular weight is 325 g/mol. The predicted molar refractivity (Wildman–Crippen MR) is 95.2 cm³/mol. The van der Waals surface area contributed by atoms with E-state index in [0.29, 0.717) is 17.9 Å². The Morgan fingerprint density at radius 3 is 2.61 bits per heavy atom. The molecule has 6 heteroatoms. The normalized spacial score (nSPS) is 12.2. The summed E-state index contributed by atoms with van der Waals surface area (Å²) in [6.07, 6.45) is 1.53. The minimum absolute atomic E-state index is 0.108. The summed E-state index contributed by atoms with van der Waals surface area (Å²) in [5.41, 5.74) is 2.14. The lowest BCUT2D eigenvalue weighted by molar-refractivity contribution is 0.320. The van der Waals surface area contributed by atoms with Gasteiger partial charge in [-0.1, -0.05) is 18.2 Å². The van der Waals surface area contributed by atoms with E-state index in [9.17, 15) is 0 Å². The van der Waals surface area contributed by atoms with E-state index >= 15 is 0 Å². The highest BCUT2D eigenvalue weighted by Gasteiger charge is 2.18. The molecule has 0 unspecified atom stereocenters. The number of hydrogen-bond acceptors (Lipinski definition) is 5. The highest BCUT2D eigenvalue weighted by molar-refractivity contribution is 6.69. The van der Waals surface area contributed by atoms with Gasteiger partial charge in [0.2, 0.25) is 0 Å². The Kier molecular flexibility index (Phi) is 4.00. The van der Waals surface area contributed by atoms with Crippen LogP contribution in [0.1, 0.15) is 1.37 Å². The number of nitrogens with zero attached hydrogens (tertiary/aromatic N) is 4. The van der Waals surface area contributed by atoms with E-state index in [4.69, 9.17) is 5.80 Å². The zero-order chi connectivity index (χ0) is 17.2. The molecule has 23 heavy (non-hydrogen) atoms. The molecule has 0 bridgehead atoms. The summed E-state index contributed by atoms with van der Waals surface area (Å²) in [5.74, 6) is 0.729. The van der Waals surface area contributed by atoms with Crippen molar-refractivity contribution in [1.82, 2.24) is 15.0 Å². The minimum atomic E-state index is -1.68. The largest absolute Gasteiger partial charge is 0.400 e. The first kappa shape index (κ1) is 14.3. The fraction of sp³-hybridized carbons (Fsp3) is 0.235. The van der Waals surface area contributed by atoms with Gasteiger partial charge in [-0.2, -0.15) is 0 Å². The molecule has 0 aliphatic heterocycles. The van der Waals surface area contributed by atoms with Crippen molar-refractivity contribution < 1.29 is 5.80 Å². The van der Waals surface area contributed by atoms with E-state index < -0.39 is 8.32 Å². The first-order valence-corrected chi connectivity index (χ1v) is 10.9. The van der Waals surface area contributed by atoms with Gasteiger partial charge < -0.3 is 9.33 Å². The van der Waals surface area contributed by atoms with Crippen LogP contribution >= 0.6 is 0 Å². The zero-order valence-corrected chi connectivity index (χ0v) is 14.5. The van der Waals surface area contributed by atoms with Gasteiger partial charge in [-0.3, -0.25) is 4.98 Å². The first-order chi connectivity index (χ1) is 11.4. The molecule has 1 aromatic carbocycles. The van der Waals surface area contributed by atoms with Gasteiger partial charge in [0, 0.05) is 18.1 Å². The summed E-state index contributed by atoms with van der Waals surface area (Å²) < 4.78 is 13.7. The Labute approximate surface area is 138 Å². The standard InChI is InChI=1S/C17H20N4OSi/c1-23(2,3)22-13-21(14-7-5-4-6-8-14)16-10-9-15-17(20-16)19-12-11-18-15/h4-12H,13H2,1-3H3/i12D. The molecule has 0 fully saturated rings. The molecule has 0 aliphatic rings. The second-order valence-electron chi connectivity index (χ2n) is 6.16. The lowest BCUT2D eigenvalue weighted by Gasteiger charge is -2.27. The molecule has 2 heterocycles. The van der Waals surface area contributed by atoms with Crippen LogP contribution in [0.25, 0.3) is 11.2 Å². The molecule has 2 aromatic heterocycles. The molecule has 0 saturated carbocycles. The summed E-state index contributed by atoms with van der Waals surface area (Å²) in [6, 6.07) is 13.8. The van der Waals surface area contributed by atoms with Crippen molar-refractivity contribution in [2.45, 2.75) is 19.6 Å². The molecule has 3 rings (SSSR count). The van der Waals surface area contributed by atoms with Crippen molar-refractivity contribution in [1.29, 1.82) is 0 Å². The van der Waals surface area contributed by atoms with Crippen LogP contribution < -0.4 is 4.90 Å². The Bertz CT molecular complexity index is 839. The molecule has 118 valence electrons. The number of hydrogen-bond donors (Lipinski definition) is 0. The van der Waals surface area contributed by atoms with Crippen LogP contribution in [-0.4, -0.2) is 30.0 Å². The van der Waals surface area contributed by atoms with Crippen LogP contribution in [0, 0.1) is 0 Å². The number of fused-ring (bicyclic) bond motifs is 1. The van der Waals surface area contributed by atoms with Crippen molar-refractivity contribution in [3.05, 3.63) is 54.8 Å². The Morgan fingerprint density at radius 2 is 1.87 bits per heavy atom. The van der Waals surface area contributed by atoms with E-state index in [-0.39, 0.29) is 6.17 Å². The summed E-state index contributed by atoms with van der Waals surface area (Å²) in [7, 11) is -1.68. The SMILES string of the molecule is [2H]c1cnc2ccc(N(CO[Si](C)(C)C)c3ccccc3)nc2n1. The van der Waals surface area contributed by atoms with E-state index in [2.05, 4.69) is 34.6 Å². The van der Waals surface area contributed by atoms with Crippen molar-refractivity contribution in [3.63, 3.8) is 0 Å². The quantitative estimate of drug-likeness (QED) is 0.525. The number of aromatic nitrogens is 3. The van der Waals surface area contributed by atoms with Crippen LogP contribution in [0.5, 0.6) is 0 Å². The molecule has 3 aromatic rings. The minimum Gasteiger partial charge on any atom is -0.400 e. The van der Waals surface area contributed by atoms with Crippen LogP contribution in [0.15, 0.2) is 54.8 Å². The summed E-state index contributed by atoms with van der Waals surface area (Å²) in [5, 5.41) is 0. The zero-order valence-electron chi connectivity index (χ0n) is 14.5. The third-order valence-electron chi connectivity index (χ3n) is 3.24. The molecule has 0 aliphatic carbocycles. The molecule has 0 radical (unpaired) electrons. The average Bonchev–Trinajstić information content (AvgIpc) is 2.54. The summed E-state index contributed by atoms with van der Waals surface area (Å²) in [4.78, 5) is 14.9. The lowest BCUT2D eigenvalue weighted by atomic mass is 10.3. The van der Waals surface area contributed by atoms with Crippen LogP contribution in [0.3, 0.4) is 0 Å². The summed E-state index contributed by atoms with van der Waals surface area (Å²) >= 11 is 0. The topological polar surface area (TPSA) is 51.1 Å². The Hall–Kier alpha value is -2.31. The van der Waals surface area contributed by atoms with E-state index in [1.807, 2.05) is 47.4 Å². The molecule has 0 N–H and O–H groups in total. The van der Waals surface area contributed by atoms with Crippen molar-refractivity contribution in [2.75, 3.05) is 11.6 Å². The van der Waals surface area contributed by atoms with Gasteiger partial charge in [-0.15, -0.1) is 0 Å². The van der Waals surface area contributed by atoms with Gasteiger partial charge in [-0.25, -0.2) is 9.97 Å². The number of benzene rings is 1. The number of pyridine rings is 1. The second kappa shape index (κ2) is 6.43.